The Labute approximate surface area is 112 Å². The molecule has 1 rings (SSSR count). The van der Waals surface area contributed by atoms with Crippen LogP contribution in [0.15, 0.2) is 0 Å². The highest BCUT2D eigenvalue weighted by Crippen LogP contribution is 2.35. The zero-order valence-electron chi connectivity index (χ0n) is 12.7. The molecule has 1 saturated carbocycles. The topological polar surface area (TPSA) is 32.3 Å². The first kappa shape index (κ1) is 15.3. The van der Waals surface area contributed by atoms with E-state index < -0.39 is 0 Å². The number of rotatable bonds is 4. The van der Waals surface area contributed by atoms with E-state index in [1.54, 1.807) is 19.0 Å². The van der Waals surface area contributed by atoms with Crippen LogP contribution in [0, 0.1) is 17.8 Å². The van der Waals surface area contributed by atoms with Crippen LogP contribution in [-0.2, 0) is 0 Å². The molecule has 0 bridgehead atoms. The maximum absolute atomic E-state index is 11.7. The summed E-state index contributed by atoms with van der Waals surface area (Å²) in [6, 6.07) is 0.435. The van der Waals surface area contributed by atoms with Crippen LogP contribution < -0.4 is 5.32 Å². The van der Waals surface area contributed by atoms with Gasteiger partial charge < -0.3 is 10.2 Å². The summed E-state index contributed by atoms with van der Waals surface area (Å²) in [5.74, 6) is 2.35. The first-order chi connectivity index (χ1) is 8.45. The maximum atomic E-state index is 11.7. The molecule has 2 amide bonds. The molecule has 0 aromatic rings. The van der Waals surface area contributed by atoms with Gasteiger partial charge in [-0.25, -0.2) is 4.79 Å². The molecule has 1 N–H and O–H groups in total. The van der Waals surface area contributed by atoms with Crippen molar-refractivity contribution in [2.75, 3.05) is 14.1 Å². The van der Waals surface area contributed by atoms with E-state index in [0.29, 0.717) is 6.04 Å². The van der Waals surface area contributed by atoms with Crippen LogP contribution in [0.3, 0.4) is 0 Å². The van der Waals surface area contributed by atoms with Crippen molar-refractivity contribution < 1.29 is 4.79 Å². The third kappa shape index (κ3) is 4.18. The summed E-state index contributed by atoms with van der Waals surface area (Å²) in [7, 11) is 3.61. The number of carbonyl (C=O) groups excluding carboxylic acids is 1. The van der Waals surface area contributed by atoms with Crippen LogP contribution in [0.1, 0.15) is 52.9 Å². The minimum absolute atomic E-state index is 0.0539. The maximum Gasteiger partial charge on any atom is 0.317 e. The van der Waals surface area contributed by atoms with E-state index in [1.807, 2.05) is 0 Å². The van der Waals surface area contributed by atoms with Gasteiger partial charge >= 0.3 is 6.03 Å². The van der Waals surface area contributed by atoms with Crippen LogP contribution in [0.25, 0.3) is 0 Å². The number of urea groups is 1. The second-order valence-corrected chi connectivity index (χ2v) is 6.28. The molecule has 0 aromatic carbocycles. The van der Waals surface area contributed by atoms with Crippen molar-refractivity contribution in [3.63, 3.8) is 0 Å². The summed E-state index contributed by atoms with van der Waals surface area (Å²) >= 11 is 0. The summed E-state index contributed by atoms with van der Waals surface area (Å²) in [4.78, 5) is 13.3. The highest BCUT2D eigenvalue weighted by molar-refractivity contribution is 5.73. The minimum atomic E-state index is 0.0539. The second-order valence-electron chi connectivity index (χ2n) is 6.28. The molecule has 0 saturated heterocycles. The van der Waals surface area contributed by atoms with Gasteiger partial charge in [-0.1, -0.05) is 40.0 Å². The first-order valence-corrected chi connectivity index (χ1v) is 7.43. The number of carbonyl (C=O) groups is 1. The number of nitrogens with one attached hydrogen (secondary N) is 1. The average molecular weight is 254 g/mol. The second kappa shape index (κ2) is 7.01. The molecule has 1 aliphatic rings. The van der Waals surface area contributed by atoms with E-state index >= 15 is 0 Å². The summed E-state index contributed by atoms with van der Waals surface area (Å²) in [6.45, 7) is 6.96. The molecular formula is C15H30N2O. The third-order valence-corrected chi connectivity index (χ3v) is 4.38. The minimum Gasteiger partial charge on any atom is -0.335 e. The molecule has 0 aliphatic heterocycles. The Morgan fingerprint density at radius 2 is 2.00 bits per heavy atom. The van der Waals surface area contributed by atoms with E-state index in [9.17, 15) is 4.79 Å². The lowest BCUT2D eigenvalue weighted by Gasteiger charge is -2.36. The fourth-order valence-corrected chi connectivity index (χ4v) is 3.40. The summed E-state index contributed by atoms with van der Waals surface area (Å²) in [6.07, 6.45) is 6.16. The van der Waals surface area contributed by atoms with Gasteiger partial charge in [-0.05, 0) is 30.6 Å². The number of amides is 2. The molecule has 3 heteroatoms. The van der Waals surface area contributed by atoms with Crippen LogP contribution in [0.2, 0.25) is 0 Å². The lowest BCUT2D eigenvalue weighted by molar-refractivity contribution is 0.160. The van der Waals surface area contributed by atoms with Gasteiger partial charge in [0.05, 0.1) is 0 Å². The van der Waals surface area contributed by atoms with Crippen molar-refractivity contribution >= 4 is 6.03 Å². The van der Waals surface area contributed by atoms with E-state index in [4.69, 9.17) is 0 Å². The SMILES string of the molecule is CCC(C(C)C)C1CCCC(NC(=O)N(C)C)C1. The van der Waals surface area contributed by atoms with Crippen LogP contribution in [-0.4, -0.2) is 31.1 Å². The number of nitrogens with zero attached hydrogens (tertiary/aromatic N) is 1. The molecule has 106 valence electrons. The van der Waals surface area contributed by atoms with Crippen molar-refractivity contribution in [1.29, 1.82) is 0 Å². The monoisotopic (exact) mass is 254 g/mol. The highest BCUT2D eigenvalue weighted by atomic mass is 16.2. The van der Waals surface area contributed by atoms with E-state index in [2.05, 4.69) is 26.1 Å². The van der Waals surface area contributed by atoms with Crippen molar-refractivity contribution in [2.45, 2.75) is 58.9 Å². The standard InChI is InChI=1S/C15H30N2O/c1-6-14(11(2)3)12-8-7-9-13(10-12)16-15(18)17(4)5/h11-14H,6-10H2,1-5H3,(H,16,18). The van der Waals surface area contributed by atoms with Gasteiger partial charge in [0.2, 0.25) is 0 Å². The normalized spacial score (nSPS) is 25.9. The van der Waals surface area contributed by atoms with Crippen LogP contribution in [0.4, 0.5) is 4.79 Å². The summed E-state index contributed by atoms with van der Waals surface area (Å²) in [5, 5.41) is 3.15. The van der Waals surface area contributed by atoms with Gasteiger partial charge in [-0.3, -0.25) is 0 Å². The molecule has 18 heavy (non-hydrogen) atoms. The molecule has 3 atom stereocenters. The van der Waals surface area contributed by atoms with E-state index in [-0.39, 0.29) is 6.03 Å². The smallest absolute Gasteiger partial charge is 0.317 e. The molecule has 1 fully saturated rings. The predicted molar refractivity (Wildman–Crippen MR) is 76.6 cm³/mol. The molecule has 0 radical (unpaired) electrons. The van der Waals surface area contributed by atoms with Crippen molar-refractivity contribution in [3.8, 4) is 0 Å². The zero-order chi connectivity index (χ0) is 13.7. The van der Waals surface area contributed by atoms with Gasteiger partial charge in [-0.2, -0.15) is 0 Å². The zero-order valence-corrected chi connectivity index (χ0v) is 12.7. The Balaban J connectivity index is 2.52. The fourth-order valence-electron chi connectivity index (χ4n) is 3.40. The van der Waals surface area contributed by atoms with Gasteiger partial charge in [0.25, 0.3) is 0 Å². The summed E-state index contributed by atoms with van der Waals surface area (Å²) < 4.78 is 0. The molecule has 0 spiro atoms. The Kier molecular flexibility index (Phi) is 5.97. The first-order valence-electron chi connectivity index (χ1n) is 7.43. The number of hydrogen-bond acceptors (Lipinski definition) is 1. The van der Waals surface area contributed by atoms with Crippen LogP contribution in [0.5, 0.6) is 0 Å². The Hall–Kier alpha value is -0.730. The molecule has 0 aromatic heterocycles. The van der Waals surface area contributed by atoms with E-state index in [0.717, 1.165) is 30.6 Å². The van der Waals surface area contributed by atoms with Gasteiger partial charge in [0.15, 0.2) is 0 Å². The largest absolute Gasteiger partial charge is 0.335 e. The van der Waals surface area contributed by atoms with Crippen molar-refractivity contribution in [1.82, 2.24) is 10.2 Å². The Morgan fingerprint density at radius 3 is 2.50 bits per heavy atom. The fraction of sp³-hybridized carbons (Fsp3) is 0.933. The molecule has 0 heterocycles. The van der Waals surface area contributed by atoms with Gasteiger partial charge in [-0.15, -0.1) is 0 Å². The number of hydrogen-bond donors (Lipinski definition) is 1. The molecule has 3 unspecified atom stereocenters. The average Bonchev–Trinajstić information content (AvgIpc) is 2.29. The van der Waals surface area contributed by atoms with Crippen LogP contribution >= 0.6 is 0 Å². The quantitative estimate of drug-likeness (QED) is 0.818. The van der Waals surface area contributed by atoms with E-state index in [1.165, 1.54) is 19.3 Å². The lowest BCUT2D eigenvalue weighted by Crippen LogP contribution is -2.44. The summed E-state index contributed by atoms with van der Waals surface area (Å²) in [5.41, 5.74) is 0. The lowest BCUT2D eigenvalue weighted by atomic mass is 9.72. The molecular weight excluding hydrogens is 224 g/mol. The third-order valence-electron chi connectivity index (χ3n) is 4.38. The van der Waals surface area contributed by atoms with Gasteiger partial charge in [0, 0.05) is 20.1 Å². The Bertz CT molecular complexity index is 263. The molecule has 3 nitrogen and oxygen atoms in total. The van der Waals surface area contributed by atoms with Gasteiger partial charge in [0.1, 0.15) is 0 Å². The van der Waals surface area contributed by atoms with Crippen molar-refractivity contribution in [3.05, 3.63) is 0 Å². The van der Waals surface area contributed by atoms with Crippen molar-refractivity contribution in [2.24, 2.45) is 17.8 Å². The Morgan fingerprint density at radius 1 is 1.33 bits per heavy atom. The predicted octanol–water partition coefficient (Wildman–Crippen LogP) is 3.50. The molecule has 1 aliphatic carbocycles. The highest BCUT2D eigenvalue weighted by Gasteiger charge is 2.29.